The molecular formula is C20H22N2O4. The molecule has 2 heterocycles. The Kier molecular flexibility index (Phi) is 4.00. The van der Waals surface area contributed by atoms with E-state index in [-0.39, 0.29) is 6.61 Å². The molecule has 2 aromatic rings. The van der Waals surface area contributed by atoms with Gasteiger partial charge in [0, 0.05) is 17.2 Å². The van der Waals surface area contributed by atoms with Crippen molar-refractivity contribution in [2.45, 2.75) is 38.0 Å². The van der Waals surface area contributed by atoms with Crippen LogP contribution in [0.25, 0.3) is 11.0 Å². The maximum atomic E-state index is 11.9. The summed E-state index contributed by atoms with van der Waals surface area (Å²) in [5.74, 6) is 1.15. The fourth-order valence-corrected chi connectivity index (χ4v) is 3.66. The zero-order valence-corrected chi connectivity index (χ0v) is 14.6. The Bertz CT molecular complexity index is 908. The molecule has 0 radical (unpaired) electrons. The van der Waals surface area contributed by atoms with Gasteiger partial charge in [0.15, 0.2) is 6.23 Å². The molecule has 136 valence electrons. The van der Waals surface area contributed by atoms with Gasteiger partial charge in [-0.2, -0.15) is 0 Å². The summed E-state index contributed by atoms with van der Waals surface area (Å²) in [5.41, 5.74) is 6.31. The minimum Gasteiger partial charge on any atom is -0.489 e. The van der Waals surface area contributed by atoms with Gasteiger partial charge in [0.25, 0.3) is 0 Å². The van der Waals surface area contributed by atoms with E-state index in [2.05, 4.69) is 0 Å². The molecule has 1 aliphatic carbocycles. The zero-order valence-electron chi connectivity index (χ0n) is 14.6. The van der Waals surface area contributed by atoms with Gasteiger partial charge in [-0.25, -0.2) is 0 Å². The van der Waals surface area contributed by atoms with Crippen molar-refractivity contribution in [1.29, 1.82) is 0 Å². The molecule has 1 aromatic carbocycles. The minimum absolute atomic E-state index is 0.221. The predicted octanol–water partition coefficient (Wildman–Crippen LogP) is 2.60. The van der Waals surface area contributed by atoms with Gasteiger partial charge in [-0.15, -0.1) is 0 Å². The SMILES string of the molecule is Cc1cc2cc(OCC3=CC=CN(C4(C(N)=O)CCC4)C3O)ccc2o1. The van der Waals surface area contributed by atoms with Crippen LogP contribution in [-0.2, 0) is 4.79 Å². The van der Waals surface area contributed by atoms with Crippen LogP contribution >= 0.6 is 0 Å². The van der Waals surface area contributed by atoms with Gasteiger partial charge in [0.05, 0.1) is 0 Å². The third kappa shape index (κ3) is 2.66. The summed E-state index contributed by atoms with van der Waals surface area (Å²) in [4.78, 5) is 13.6. The monoisotopic (exact) mass is 354 g/mol. The molecule has 6 heteroatoms. The zero-order chi connectivity index (χ0) is 18.3. The van der Waals surface area contributed by atoms with Crippen LogP contribution in [0.5, 0.6) is 5.75 Å². The average molecular weight is 354 g/mol. The number of aliphatic hydroxyl groups is 1. The van der Waals surface area contributed by atoms with E-state index in [4.69, 9.17) is 14.9 Å². The molecule has 2 aliphatic rings. The number of aliphatic hydroxyl groups excluding tert-OH is 1. The Morgan fingerprint density at radius 1 is 1.42 bits per heavy atom. The number of hydrogen-bond donors (Lipinski definition) is 2. The number of amides is 1. The van der Waals surface area contributed by atoms with Gasteiger partial charge in [0.2, 0.25) is 5.91 Å². The Morgan fingerprint density at radius 2 is 2.23 bits per heavy atom. The molecule has 3 N–H and O–H groups in total. The van der Waals surface area contributed by atoms with Crippen molar-refractivity contribution in [3.63, 3.8) is 0 Å². The smallest absolute Gasteiger partial charge is 0.243 e. The molecule has 6 nitrogen and oxygen atoms in total. The third-order valence-corrected chi connectivity index (χ3v) is 5.30. The van der Waals surface area contributed by atoms with Gasteiger partial charge < -0.3 is 24.9 Å². The molecule has 1 aliphatic heterocycles. The number of benzene rings is 1. The van der Waals surface area contributed by atoms with Gasteiger partial charge in [-0.1, -0.05) is 6.08 Å². The first-order chi connectivity index (χ1) is 12.5. The van der Waals surface area contributed by atoms with E-state index >= 15 is 0 Å². The lowest BCUT2D eigenvalue weighted by molar-refractivity contribution is -0.141. The first-order valence-electron chi connectivity index (χ1n) is 8.76. The Labute approximate surface area is 151 Å². The van der Waals surface area contributed by atoms with Crippen molar-refractivity contribution in [3.05, 3.63) is 54.0 Å². The van der Waals surface area contributed by atoms with Crippen LogP contribution in [0.2, 0.25) is 0 Å². The number of ether oxygens (including phenoxy) is 1. The number of carbonyl (C=O) groups excluding carboxylic acids is 1. The van der Waals surface area contributed by atoms with Crippen molar-refractivity contribution in [2.24, 2.45) is 5.73 Å². The number of nitrogens with zero attached hydrogens (tertiary/aromatic N) is 1. The number of nitrogens with two attached hydrogens (primary N) is 1. The molecule has 4 rings (SSSR count). The second-order valence-corrected chi connectivity index (χ2v) is 6.96. The molecular weight excluding hydrogens is 332 g/mol. The van der Waals surface area contributed by atoms with Crippen LogP contribution in [0.1, 0.15) is 25.0 Å². The normalized spacial score (nSPS) is 21.4. The van der Waals surface area contributed by atoms with Crippen LogP contribution in [-0.4, -0.2) is 34.3 Å². The maximum absolute atomic E-state index is 11.9. The minimum atomic E-state index is -0.923. The molecule has 1 atom stereocenters. The number of primary amides is 1. The number of carbonyl (C=O) groups is 1. The summed E-state index contributed by atoms with van der Waals surface area (Å²) in [6, 6.07) is 7.57. The number of fused-ring (bicyclic) bond motifs is 1. The predicted molar refractivity (Wildman–Crippen MR) is 97.3 cm³/mol. The molecule has 0 spiro atoms. The van der Waals surface area contributed by atoms with E-state index in [0.717, 1.165) is 23.2 Å². The largest absolute Gasteiger partial charge is 0.489 e. The van der Waals surface area contributed by atoms with Gasteiger partial charge in [-0.3, -0.25) is 4.79 Å². The quantitative estimate of drug-likeness (QED) is 0.861. The van der Waals surface area contributed by atoms with Crippen molar-refractivity contribution < 1.29 is 19.1 Å². The molecule has 1 saturated carbocycles. The van der Waals surface area contributed by atoms with E-state index in [1.54, 1.807) is 11.1 Å². The van der Waals surface area contributed by atoms with Crippen LogP contribution in [0.4, 0.5) is 0 Å². The highest BCUT2D eigenvalue weighted by Crippen LogP contribution is 2.40. The molecule has 0 bridgehead atoms. The maximum Gasteiger partial charge on any atom is 0.243 e. The lowest BCUT2D eigenvalue weighted by Crippen LogP contribution is -2.63. The van der Waals surface area contributed by atoms with Crippen LogP contribution in [0.3, 0.4) is 0 Å². The molecule has 1 aromatic heterocycles. The van der Waals surface area contributed by atoms with E-state index in [0.29, 0.717) is 24.2 Å². The Morgan fingerprint density at radius 3 is 2.92 bits per heavy atom. The van der Waals surface area contributed by atoms with E-state index in [1.165, 1.54) is 0 Å². The van der Waals surface area contributed by atoms with Crippen LogP contribution in [0.15, 0.2) is 52.6 Å². The summed E-state index contributed by atoms with van der Waals surface area (Å²) in [6.45, 7) is 2.12. The van der Waals surface area contributed by atoms with Gasteiger partial charge in [0.1, 0.15) is 29.2 Å². The molecule has 1 fully saturated rings. The number of aryl methyl sites for hydroxylation is 1. The van der Waals surface area contributed by atoms with Crippen LogP contribution in [0, 0.1) is 6.92 Å². The second-order valence-electron chi connectivity index (χ2n) is 6.96. The first kappa shape index (κ1) is 16.7. The van der Waals surface area contributed by atoms with E-state index in [9.17, 15) is 9.90 Å². The average Bonchev–Trinajstić information content (AvgIpc) is 2.93. The summed E-state index contributed by atoms with van der Waals surface area (Å²) in [6.07, 6.45) is 6.69. The van der Waals surface area contributed by atoms with E-state index in [1.807, 2.05) is 43.3 Å². The van der Waals surface area contributed by atoms with Crippen molar-refractivity contribution in [1.82, 2.24) is 4.90 Å². The van der Waals surface area contributed by atoms with E-state index < -0.39 is 17.7 Å². The number of furan rings is 1. The molecule has 26 heavy (non-hydrogen) atoms. The van der Waals surface area contributed by atoms with Crippen molar-refractivity contribution >= 4 is 16.9 Å². The van der Waals surface area contributed by atoms with Crippen molar-refractivity contribution in [2.75, 3.05) is 6.61 Å². The summed E-state index contributed by atoms with van der Waals surface area (Å²) < 4.78 is 11.4. The number of hydrogen-bond acceptors (Lipinski definition) is 5. The summed E-state index contributed by atoms with van der Waals surface area (Å²) in [7, 11) is 0. The fourth-order valence-electron chi connectivity index (χ4n) is 3.66. The van der Waals surface area contributed by atoms with Gasteiger partial charge >= 0.3 is 0 Å². The topological polar surface area (TPSA) is 88.9 Å². The summed E-state index contributed by atoms with van der Waals surface area (Å²) >= 11 is 0. The lowest BCUT2D eigenvalue weighted by Gasteiger charge is -2.50. The Balaban J connectivity index is 1.48. The highest BCUT2D eigenvalue weighted by atomic mass is 16.5. The first-order valence-corrected chi connectivity index (χ1v) is 8.76. The molecule has 0 saturated heterocycles. The third-order valence-electron chi connectivity index (χ3n) is 5.30. The Hall–Kier alpha value is -2.73. The number of allylic oxidation sites excluding steroid dienone is 2. The van der Waals surface area contributed by atoms with Gasteiger partial charge in [-0.05, 0) is 56.5 Å². The van der Waals surface area contributed by atoms with Crippen LogP contribution < -0.4 is 10.5 Å². The van der Waals surface area contributed by atoms with Crippen molar-refractivity contribution in [3.8, 4) is 5.75 Å². The number of rotatable bonds is 5. The second kappa shape index (κ2) is 6.21. The highest BCUT2D eigenvalue weighted by molar-refractivity contribution is 5.86. The molecule has 1 unspecified atom stereocenters. The fraction of sp³-hybridized carbons (Fsp3) is 0.350. The lowest BCUT2D eigenvalue weighted by atomic mass is 9.74. The highest BCUT2D eigenvalue weighted by Gasteiger charge is 2.49. The molecule has 1 amide bonds. The standard InChI is InChI=1S/C20H22N2O4/c1-13-10-15-11-16(5-6-17(15)26-13)25-12-14-4-2-9-22(18(14)23)20(19(21)24)7-3-8-20/h2,4-6,9-11,18,23H,3,7-8,12H2,1H3,(H2,21,24). The summed E-state index contributed by atoms with van der Waals surface area (Å²) in [5, 5.41) is 11.7.